The minimum atomic E-state index is -0.737. The summed E-state index contributed by atoms with van der Waals surface area (Å²) in [5.41, 5.74) is 0.628. The van der Waals surface area contributed by atoms with Crippen molar-refractivity contribution in [1.29, 1.82) is 0 Å². The molecule has 0 unspecified atom stereocenters. The van der Waals surface area contributed by atoms with E-state index in [0.29, 0.717) is 5.56 Å². The Bertz CT molecular complexity index is 665. The molecule has 0 saturated heterocycles. The predicted molar refractivity (Wildman–Crippen MR) is 67.1 cm³/mol. The number of carbonyl (C=O) groups excluding carboxylic acids is 1. The summed E-state index contributed by atoms with van der Waals surface area (Å²) in [5.74, 6) is -1.09. The van der Waals surface area contributed by atoms with Gasteiger partial charge in [0.15, 0.2) is 0 Å². The van der Waals surface area contributed by atoms with Gasteiger partial charge >= 0.3 is 5.97 Å². The van der Waals surface area contributed by atoms with E-state index in [1.165, 1.54) is 6.07 Å². The highest BCUT2D eigenvalue weighted by Gasteiger charge is 2.24. The molecule has 1 heterocycles. The van der Waals surface area contributed by atoms with Crippen LogP contribution in [0.2, 0.25) is 0 Å². The molecule has 0 aliphatic heterocycles. The molecule has 0 amide bonds. The van der Waals surface area contributed by atoms with Crippen molar-refractivity contribution in [1.82, 2.24) is 10.1 Å². The summed E-state index contributed by atoms with van der Waals surface area (Å²) in [6.45, 7) is 3.49. The lowest BCUT2D eigenvalue weighted by Gasteiger charge is -2.01. The Hall–Kier alpha value is -2.77. The highest BCUT2D eigenvalue weighted by Crippen LogP contribution is 2.31. The molecule has 0 saturated carbocycles. The highest BCUT2D eigenvalue weighted by atomic mass is 16.6. The molecule has 2 rings (SSSR count). The first-order valence-electron chi connectivity index (χ1n) is 5.79. The largest absolute Gasteiger partial charge is 0.460 e. The average molecular weight is 277 g/mol. The fourth-order valence-corrected chi connectivity index (χ4v) is 1.69. The number of carbonyl (C=O) groups is 1. The van der Waals surface area contributed by atoms with Crippen LogP contribution < -0.4 is 0 Å². The van der Waals surface area contributed by atoms with Crippen LogP contribution >= 0.6 is 0 Å². The number of nitro groups is 1. The van der Waals surface area contributed by atoms with Crippen molar-refractivity contribution in [2.75, 3.05) is 6.61 Å². The predicted octanol–water partition coefficient (Wildman–Crippen LogP) is 2.13. The number of aryl methyl sites for hydroxylation is 1. The summed E-state index contributed by atoms with van der Waals surface area (Å²) in [6, 6.07) is 4.56. The third-order valence-electron chi connectivity index (χ3n) is 2.55. The van der Waals surface area contributed by atoms with Gasteiger partial charge in [0.2, 0.25) is 0 Å². The van der Waals surface area contributed by atoms with Crippen molar-refractivity contribution in [3.63, 3.8) is 0 Å². The Morgan fingerprint density at radius 3 is 2.90 bits per heavy atom. The number of hydrogen-bond acceptors (Lipinski definition) is 7. The van der Waals surface area contributed by atoms with E-state index < -0.39 is 10.9 Å². The first-order valence-corrected chi connectivity index (χ1v) is 5.79. The molecule has 0 spiro atoms. The number of esters is 1. The summed E-state index contributed by atoms with van der Waals surface area (Å²) in [6.07, 6.45) is 0. The van der Waals surface area contributed by atoms with Gasteiger partial charge in [-0.15, -0.1) is 0 Å². The maximum Gasteiger partial charge on any atom is 0.379 e. The number of hydrogen-bond donors (Lipinski definition) is 0. The topological polar surface area (TPSA) is 108 Å². The number of rotatable bonds is 4. The number of ether oxygens (including phenoxy) is 1. The Balaban J connectivity index is 2.47. The molecule has 20 heavy (non-hydrogen) atoms. The van der Waals surface area contributed by atoms with Crippen LogP contribution in [-0.2, 0) is 4.74 Å². The highest BCUT2D eigenvalue weighted by molar-refractivity contribution is 5.85. The number of nitrogens with zero attached hydrogens (tertiary/aromatic N) is 3. The van der Waals surface area contributed by atoms with Crippen molar-refractivity contribution >= 4 is 11.7 Å². The summed E-state index contributed by atoms with van der Waals surface area (Å²) >= 11 is 0. The molecule has 2 aromatic rings. The molecule has 0 aliphatic carbocycles. The van der Waals surface area contributed by atoms with Crippen molar-refractivity contribution in [3.05, 3.63) is 39.7 Å². The van der Waals surface area contributed by atoms with E-state index in [9.17, 15) is 14.9 Å². The van der Waals surface area contributed by atoms with E-state index in [4.69, 9.17) is 9.26 Å². The Labute approximate surface area is 113 Å². The molecule has 0 atom stereocenters. The molecule has 0 N–H and O–H groups in total. The average Bonchev–Trinajstić information content (AvgIpc) is 2.88. The van der Waals surface area contributed by atoms with E-state index in [0.717, 1.165) is 0 Å². The molecule has 1 aromatic carbocycles. The zero-order valence-corrected chi connectivity index (χ0v) is 10.8. The van der Waals surface area contributed by atoms with Gasteiger partial charge in [-0.1, -0.05) is 12.1 Å². The van der Waals surface area contributed by atoms with E-state index >= 15 is 0 Å². The second kappa shape index (κ2) is 5.47. The first-order chi connectivity index (χ1) is 9.54. The third kappa shape index (κ3) is 2.48. The van der Waals surface area contributed by atoms with Crippen molar-refractivity contribution in [2.24, 2.45) is 0 Å². The fraction of sp³-hybridized carbons (Fsp3) is 0.250. The van der Waals surface area contributed by atoms with Crippen molar-refractivity contribution in [2.45, 2.75) is 13.8 Å². The lowest BCUT2D eigenvalue weighted by Crippen LogP contribution is -2.06. The molecule has 8 nitrogen and oxygen atoms in total. The van der Waals surface area contributed by atoms with Gasteiger partial charge in [0.1, 0.15) is 5.56 Å². The second-order valence-corrected chi connectivity index (χ2v) is 3.87. The van der Waals surface area contributed by atoms with Gasteiger partial charge in [0, 0.05) is 6.07 Å². The van der Waals surface area contributed by atoms with Gasteiger partial charge in [-0.2, -0.15) is 4.98 Å². The lowest BCUT2D eigenvalue weighted by molar-refractivity contribution is -0.384. The molecular weight excluding hydrogens is 266 g/mol. The summed E-state index contributed by atoms with van der Waals surface area (Å²) in [5, 5.41) is 14.5. The molecule has 0 fully saturated rings. The molecule has 104 valence electrons. The van der Waals surface area contributed by atoms with E-state index in [-0.39, 0.29) is 29.6 Å². The molecule has 0 radical (unpaired) electrons. The summed E-state index contributed by atoms with van der Waals surface area (Å²) in [7, 11) is 0. The summed E-state index contributed by atoms with van der Waals surface area (Å²) in [4.78, 5) is 25.8. The van der Waals surface area contributed by atoms with Crippen molar-refractivity contribution in [3.8, 4) is 11.5 Å². The van der Waals surface area contributed by atoms with Gasteiger partial charge < -0.3 is 9.26 Å². The Kier molecular flexibility index (Phi) is 3.74. The monoisotopic (exact) mass is 277 g/mol. The van der Waals surface area contributed by atoms with Gasteiger partial charge in [0.25, 0.3) is 17.4 Å². The van der Waals surface area contributed by atoms with Crippen LogP contribution in [0, 0.1) is 17.0 Å². The van der Waals surface area contributed by atoms with E-state index in [1.807, 2.05) is 0 Å². The molecule has 0 bridgehead atoms. The van der Waals surface area contributed by atoms with Gasteiger partial charge in [0.05, 0.1) is 11.5 Å². The van der Waals surface area contributed by atoms with E-state index in [1.54, 1.807) is 26.0 Å². The number of nitro benzene ring substituents is 1. The van der Waals surface area contributed by atoms with Gasteiger partial charge in [-0.3, -0.25) is 10.1 Å². The normalized spacial score (nSPS) is 10.3. The van der Waals surface area contributed by atoms with Crippen LogP contribution in [0.1, 0.15) is 23.1 Å². The SMILES string of the molecule is CCOC(=O)c1noc(-c2c(C)cccc2[N+](=O)[O-])n1. The quantitative estimate of drug-likeness (QED) is 0.478. The minimum absolute atomic E-state index is 0.0853. The summed E-state index contributed by atoms with van der Waals surface area (Å²) < 4.78 is 9.65. The minimum Gasteiger partial charge on any atom is -0.460 e. The smallest absolute Gasteiger partial charge is 0.379 e. The van der Waals surface area contributed by atoms with Crippen LogP contribution in [0.5, 0.6) is 0 Å². The van der Waals surface area contributed by atoms with E-state index in [2.05, 4.69) is 10.1 Å². The zero-order chi connectivity index (χ0) is 14.7. The Morgan fingerprint density at radius 2 is 2.25 bits per heavy atom. The van der Waals surface area contributed by atoms with Gasteiger partial charge in [-0.05, 0) is 24.6 Å². The van der Waals surface area contributed by atoms with Crippen molar-refractivity contribution < 1.29 is 19.0 Å². The lowest BCUT2D eigenvalue weighted by atomic mass is 10.1. The van der Waals surface area contributed by atoms with Crippen LogP contribution in [-0.4, -0.2) is 27.6 Å². The fourth-order valence-electron chi connectivity index (χ4n) is 1.69. The van der Waals surface area contributed by atoms with Crippen LogP contribution in [0.25, 0.3) is 11.5 Å². The maximum absolute atomic E-state index is 11.5. The molecular formula is C12H11N3O5. The van der Waals surface area contributed by atoms with Crippen LogP contribution in [0.3, 0.4) is 0 Å². The number of aromatic nitrogens is 2. The Morgan fingerprint density at radius 1 is 1.50 bits per heavy atom. The maximum atomic E-state index is 11.5. The van der Waals surface area contributed by atoms with Crippen LogP contribution in [0.4, 0.5) is 5.69 Å². The number of benzene rings is 1. The third-order valence-corrected chi connectivity index (χ3v) is 2.55. The molecule has 8 heteroatoms. The molecule has 0 aliphatic rings. The second-order valence-electron chi connectivity index (χ2n) is 3.87. The zero-order valence-electron chi connectivity index (χ0n) is 10.8. The van der Waals surface area contributed by atoms with Gasteiger partial charge in [-0.25, -0.2) is 4.79 Å². The first kappa shape index (κ1) is 13.7. The van der Waals surface area contributed by atoms with Crippen LogP contribution in [0.15, 0.2) is 22.7 Å². The molecule has 1 aromatic heterocycles. The standard InChI is InChI=1S/C12H11N3O5/c1-3-19-12(16)10-13-11(20-14-10)9-7(2)5-4-6-8(9)15(17)18/h4-6H,3H2,1-2H3.